The first kappa shape index (κ1) is 19.3. The van der Waals surface area contributed by atoms with E-state index in [1.165, 1.54) is 12.1 Å². The van der Waals surface area contributed by atoms with E-state index < -0.39 is 17.8 Å². The first-order valence-electron chi connectivity index (χ1n) is 8.31. The molecule has 0 aliphatic carbocycles. The van der Waals surface area contributed by atoms with Gasteiger partial charge in [0.2, 0.25) is 0 Å². The number of nitrogens with zero attached hydrogens (tertiary/aromatic N) is 1. The van der Waals surface area contributed by atoms with Crippen molar-refractivity contribution >= 4 is 23.5 Å². The van der Waals surface area contributed by atoms with Crippen molar-refractivity contribution in [1.29, 1.82) is 0 Å². The lowest BCUT2D eigenvalue weighted by Gasteiger charge is -2.10. The van der Waals surface area contributed by atoms with Crippen LogP contribution in [-0.4, -0.2) is 16.9 Å². The monoisotopic (exact) mass is 398 g/mol. The van der Waals surface area contributed by atoms with E-state index >= 15 is 0 Å². The molecule has 2 aromatic carbocycles. The Hall–Kier alpha value is -3.45. The van der Waals surface area contributed by atoms with Gasteiger partial charge in [-0.15, -0.1) is 0 Å². The standard InChI is InChI=1S/C20H16ClFN4O2/c21-16-5-6-17(18(22)11-16)19(27)25-26-20(28)24-12-13-1-3-14(4-2-13)15-7-9-23-10-8-15/h1-11H,12H2,(H,25,27)(H2,24,26,28). The molecule has 3 rings (SSSR count). The average molecular weight is 399 g/mol. The first-order valence-corrected chi connectivity index (χ1v) is 8.69. The number of hydrogen-bond donors (Lipinski definition) is 3. The summed E-state index contributed by atoms with van der Waals surface area (Å²) in [5.74, 6) is -1.56. The van der Waals surface area contributed by atoms with Gasteiger partial charge >= 0.3 is 6.03 Å². The summed E-state index contributed by atoms with van der Waals surface area (Å²) in [6.07, 6.45) is 3.44. The molecule has 0 radical (unpaired) electrons. The molecule has 3 N–H and O–H groups in total. The molecule has 1 aromatic heterocycles. The summed E-state index contributed by atoms with van der Waals surface area (Å²) >= 11 is 5.64. The number of hydrazine groups is 1. The zero-order chi connectivity index (χ0) is 19.9. The van der Waals surface area contributed by atoms with Gasteiger partial charge in [-0.1, -0.05) is 35.9 Å². The Kier molecular flexibility index (Phi) is 6.18. The summed E-state index contributed by atoms with van der Waals surface area (Å²) in [5.41, 5.74) is 7.04. The molecule has 28 heavy (non-hydrogen) atoms. The van der Waals surface area contributed by atoms with E-state index in [1.807, 2.05) is 36.4 Å². The number of carbonyl (C=O) groups is 2. The molecule has 0 atom stereocenters. The highest BCUT2D eigenvalue weighted by molar-refractivity contribution is 6.30. The number of amides is 3. The van der Waals surface area contributed by atoms with Crippen LogP contribution in [0, 0.1) is 5.82 Å². The van der Waals surface area contributed by atoms with Gasteiger partial charge < -0.3 is 5.32 Å². The third kappa shape index (κ3) is 5.05. The Morgan fingerprint density at radius 2 is 1.61 bits per heavy atom. The van der Waals surface area contributed by atoms with Crippen molar-refractivity contribution in [3.63, 3.8) is 0 Å². The molecule has 0 saturated heterocycles. The number of rotatable bonds is 4. The molecular weight excluding hydrogens is 383 g/mol. The molecule has 0 spiro atoms. The summed E-state index contributed by atoms with van der Waals surface area (Å²) in [4.78, 5) is 27.7. The fraction of sp³-hybridized carbons (Fsp3) is 0.0500. The Morgan fingerprint density at radius 1 is 0.929 bits per heavy atom. The van der Waals surface area contributed by atoms with Gasteiger partial charge in [-0.2, -0.15) is 0 Å². The van der Waals surface area contributed by atoms with E-state index in [0.29, 0.717) is 0 Å². The van der Waals surface area contributed by atoms with Crippen LogP contribution in [-0.2, 0) is 6.54 Å². The fourth-order valence-corrected chi connectivity index (χ4v) is 2.60. The van der Waals surface area contributed by atoms with Gasteiger partial charge in [0.1, 0.15) is 5.82 Å². The van der Waals surface area contributed by atoms with Crippen LogP contribution in [0.4, 0.5) is 9.18 Å². The highest BCUT2D eigenvalue weighted by Gasteiger charge is 2.12. The number of hydrogen-bond acceptors (Lipinski definition) is 3. The molecular formula is C20H16ClFN4O2. The summed E-state index contributed by atoms with van der Waals surface area (Å²) in [7, 11) is 0. The molecule has 3 amide bonds. The van der Waals surface area contributed by atoms with Crippen LogP contribution in [0.25, 0.3) is 11.1 Å². The number of nitrogens with one attached hydrogen (secondary N) is 3. The molecule has 3 aromatic rings. The SMILES string of the molecule is O=C(NCc1ccc(-c2ccncc2)cc1)NNC(=O)c1ccc(Cl)cc1F. The minimum absolute atomic E-state index is 0.176. The molecule has 0 fully saturated rings. The van der Waals surface area contributed by atoms with Crippen LogP contribution in [0.5, 0.6) is 0 Å². The molecule has 0 aliphatic heterocycles. The molecule has 6 nitrogen and oxygen atoms in total. The van der Waals surface area contributed by atoms with Crippen molar-refractivity contribution in [2.75, 3.05) is 0 Å². The number of urea groups is 1. The van der Waals surface area contributed by atoms with Crippen LogP contribution >= 0.6 is 11.6 Å². The Labute approximate surface area is 165 Å². The summed E-state index contributed by atoms with van der Waals surface area (Å²) in [6, 6.07) is 14.5. The van der Waals surface area contributed by atoms with Crippen molar-refractivity contribution < 1.29 is 14.0 Å². The second kappa shape index (κ2) is 8.96. The molecule has 8 heteroatoms. The van der Waals surface area contributed by atoms with E-state index in [9.17, 15) is 14.0 Å². The quantitative estimate of drug-likeness (QED) is 0.586. The number of benzene rings is 2. The van der Waals surface area contributed by atoms with E-state index in [0.717, 1.165) is 22.8 Å². The largest absolute Gasteiger partial charge is 0.333 e. The molecule has 1 heterocycles. The van der Waals surface area contributed by atoms with Crippen LogP contribution in [0.15, 0.2) is 67.0 Å². The Balaban J connectivity index is 1.48. The molecule has 0 saturated carbocycles. The van der Waals surface area contributed by atoms with E-state index in [2.05, 4.69) is 21.2 Å². The molecule has 0 aliphatic rings. The first-order chi connectivity index (χ1) is 13.5. The maximum atomic E-state index is 13.7. The number of halogens is 2. The minimum atomic E-state index is -0.786. The van der Waals surface area contributed by atoms with Crippen LogP contribution in [0.2, 0.25) is 5.02 Å². The second-order valence-corrected chi connectivity index (χ2v) is 6.26. The van der Waals surface area contributed by atoms with Crippen molar-refractivity contribution in [3.05, 3.63) is 89.0 Å². The van der Waals surface area contributed by atoms with E-state index in [4.69, 9.17) is 11.6 Å². The van der Waals surface area contributed by atoms with Crippen LogP contribution in [0.1, 0.15) is 15.9 Å². The van der Waals surface area contributed by atoms with Crippen molar-refractivity contribution in [1.82, 2.24) is 21.2 Å². The van der Waals surface area contributed by atoms with Crippen molar-refractivity contribution in [2.45, 2.75) is 6.54 Å². The minimum Gasteiger partial charge on any atom is -0.333 e. The maximum absolute atomic E-state index is 13.7. The van der Waals surface area contributed by atoms with Gasteiger partial charge in [0.05, 0.1) is 5.56 Å². The number of pyridine rings is 1. The van der Waals surface area contributed by atoms with Gasteiger partial charge in [-0.05, 0) is 47.0 Å². The van der Waals surface area contributed by atoms with Gasteiger partial charge in [0.25, 0.3) is 5.91 Å². The van der Waals surface area contributed by atoms with Crippen LogP contribution < -0.4 is 16.2 Å². The predicted octanol–water partition coefficient (Wildman–Crippen LogP) is 3.69. The van der Waals surface area contributed by atoms with Gasteiger partial charge in [-0.3, -0.25) is 15.2 Å². The second-order valence-electron chi connectivity index (χ2n) is 5.82. The lowest BCUT2D eigenvalue weighted by molar-refractivity contribution is 0.0932. The van der Waals surface area contributed by atoms with Gasteiger partial charge in [0, 0.05) is 24.0 Å². The van der Waals surface area contributed by atoms with Crippen LogP contribution in [0.3, 0.4) is 0 Å². The third-order valence-corrected chi connectivity index (χ3v) is 4.12. The topological polar surface area (TPSA) is 83.1 Å². The zero-order valence-electron chi connectivity index (χ0n) is 14.6. The highest BCUT2D eigenvalue weighted by atomic mass is 35.5. The predicted molar refractivity (Wildman–Crippen MR) is 104 cm³/mol. The van der Waals surface area contributed by atoms with Gasteiger partial charge in [-0.25, -0.2) is 14.6 Å². The molecule has 142 valence electrons. The zero-order valence-corrected chi connectivity index (χ0v) is 15.3. The number of aromatic nitrogens is 1. The third-order valence-electron chi connectivity index (χ3n) is 3.89. The lowest BCUT2D eigenvalue weighted by atomic mass is 10.1. The number of carbonyl (C=O) groups excluding carboxylic acids is 2. The summed E-state index contributed by atoms with van der Waals surface area (Å²) in [5, 5.41) is 2.77. The summed E-state index contributed by atoms with van der Waals surface area (Å²) in [6.45, 7) is 0.258. The Bertz CT molecular complexity index is 981. The lowest BCUT2D eigenvalue weighted by Crippen LogP contribution is -2.46. The fourth-order valence-electron chi connectivity index (χ4n) is 2.44. The van der Waals surface area contributed by atoms with Gasteiger partial charge in [0.15, 0.2) is 0 Å². The normalized spacial score (nSPS) is 10.2. The average Bonchev–Trinajstić information content (AvgIpc) is 2.71. The Morgan fingerprint density at radius 3 is 2.29 bits per heavy atom. The van der Waals surface area contributed by atoms with E-state index in [-0.39, 0.29) is 17.1 Å². The van der Waals surface area contributed by atoms with E-state index in [1.54, 1.807) is 12.4 Å². The smallest absolute Gasteiger partial charge is 0.333 e. The van der Waals surface area contributed by atoms with Crippen molar-refractivity contribution in [3.8, 4) is 11.1 Å². The van der Waals surface area contributed by atoms with Crippen molar-refractivity contribution in [2.24, 2.45) is 0 Å². The summed E-state index contributed by atoms with van der Waals surface area (Å²) < 4.78 is 13.7. The maximum Gasteiger partial charge on any atom is 0.333 e. The molecule has 0 bridgehead atoms. The molecule has 0 unspecified atom stereocenters. The highest BCUT2D eigenvalue weighted by Crippen LogP contribution is 2.18.